The summed E-state index contributed by atoms with van der Waals surface area (Å²) in [6, 6.07) is 16.7. The number of fused-ring (bicyclic) bond motifs is 1. The number of sulfone groups is 1. The Kier molecular flexibility index (Phi) is 4.55. The molecule has 28 heavy (non-hydrogen) atoms. The molecule has 0 radical (unpaired) electrons. The molecule has 2 heterocycles. The molecule has 0 fully saturated rings. The van der Waals surface area contributed by atoms with Crippen LogP contribution in [0.2, 0.25) is 0 Å². The zero-order chi connectivity index (χ0) is 19.9. The molecule has 1 N–H and O–H groups in total. The fourth-order valence-corrected chi connectivity index (χ4v) is 4.35. The molecule has 1 unspecified atom stereocenters. The summed E-state index contributed by atoms with van der Waals surface area (Å²) in [5, 5.41) is 7.63. The van der Waals surface area contributed by atoms with Gasteiger partial charge in [0.1, 0.15) is 5.82 Å². The highest BCUT2D eigenvalue weighted by Gasteiger charge is 2.32. The summed E-state index contributed by atoms with van der Waals surface area (Å²) >= 11 is 0. The van der Waals surface area contributed by atoms with Crippen LogP contribution in [0.4, 0.5) is 5.82 Å². The number of aromatic nitrogens is 2. The molecule has 6 nitrogen and oxygen atoms in total. The lowest BCUT2D eigenvalue weighted by Crippen LogP contribution is -2.25. The highest BCUT2D eigenvalue weighted by atomic mass is 32.2. The van der Waals surface area contributed by atoms with E-state index in [2.05, 4.69) is 10.4 Å². The van der Waals surface area contributed by atoms with E-state index in [1.54, 1.807) is 24.3 Å². The molecule has 0 bridgehead atoms. The number of carbonyl (C=O) groups excluding carboxylic acids is 1. The second kappa shape index (κ2) is 6.91. The average Bonchev–Trinajstić information content (AvgIpc) is 2.96. The molecule has 0 saturated heterocycles. The van der Waals surface area contributed by atoms with Gasteiger partial charge in [0.05, 0.1) is 17.1 Å². The summed E-state index contributed by atoms with van der Waals surface area (Å²) in [6.07, 6.45) is 1.50. The van der Waals surface area contributed by atoms with E-state index in [1.807, 2.05) is 41.9 Å². The van der Waals surface area contributed by atoms with Crippen molar-refractivity contribution >= 4 is 21.6 Å². The van der Waals surface area contributed by atoms with E-state index in [0.29, 0.717) is 13.0 Å². The van der Waals surface area contributed by atoms with Crippen LogP contribution < -0.4 is 5.32 Å². The summed E-state index contributed by atoms with van der Waals surface area (Å²) in [5.74, 6) is 0.496. The summed E-state index contributed by atoms with van der Waals surface area (Å²) in [5.41, 5.74) is 3.86. The minimum Gasteiger partial charge on any atom is -0.311 e. The van der Waals surface area contributed by atoms with E-state index in [-0.39, 0.29) is 16.7 Å². The molecule has 1 aromatic heterocycles. The largest absolute Gasteiger partial charge is 0.311 e. The van der Waals surface area contributed by atoms with Crippen molar-refractivity contribution in [1.29, 1.82) is 0 Å². The third-order valence-electron chi connectivity index (χ3n) is 5.06. The molecule has 2 aromatic carbocycles. The van der Waals surface area contributed by atoms with Crippen molar-refractivity contribution in [2.45, 2.75) is 30.7 Å². The number of rotatable bonds is 4. The smallest absolute Gasteiger partial charge is 0.226 e. The van der Waals surface area contributed by atoms with Crippen molar-refractivity contribution in [3.05, 3.63) is 77.0 Å². The number of carbonyl (C=O) groups is 1. The Bertz CT molecular complexity index is 1130. The summed E-state index contributed by atoms with van der Waals surface area (Å²) in [4.78, 5) is 12.7. The molecule has 4 rings (SSSR count). The van der Waals surface area contributed by atoms with Crippen LogP contribution in [0, 0.1) is 6.92 Å². The van der Waals surface area contributed by atoms with Gasteiger partial charge in [-0.05, 0) is 30.2 Å². The van der Waals surface area contributed by atoms with E-state index in [4.69, 9.17) is 0 Å². The molecular weight excluding hydrogens is 374 g/mol. The summed E-state index contributed by atoms with van der Waals surface area (Å²) in [7, 11) is -3.26. The topological polar surface area (TPSA) is 81.1 Å². The van der Waals surface area contributed by atoms with Gasteiger partial charge in [0.15, 0.2) is 9.84 Å². The number of hydrogen-bond donors (Lipinski definition) is 1. The SMILES string of the molecule is Cc1nn(Cc2ccccc2)c2c1C(c1ccc(S(C)(=O)=O)cc1)CC(=O)N2. The van der Waals surface area contributed by atoms with Gasteiger partial charge in [-0.3, -0.25) is 4.79 Å². The van der Waals surface area contributed by atoms with Gasteiger partial charge in [-0.1, -0.05) is 42.5 Å². The minimum atomic E-state index is -3.26. The van der Waals surface area contributed by atoms with Gasteiger partial charge in [0, 0.05) is 24.2 Å². The van der Waals surface area contributed by atoms with Crippen molar-refractivity contribution in [2.75, 3.05) is 11.6 Å². The van der Waals surface area contributed by atoms with E-state index in [0.717, 1.165) is 28.2 Å². The Labute approximate surface area is 164 Å². The first kappa shape index (κ1) is 18.4. The quantitative estimate of drug-likeness (QED) is 0.736. The van der Waals surface area contributed by atoms with Gasteiger partial charge in [-0.25, -0.2) is 13.1 Å². The Morgan fingerprint density at radius 2 is 1.79 bits per heavy atom. The second-order valence-electron chi connectivity index (χ2n) is 7.14. The first-order chi connectivity index (χ1) is 13.3. The van der Waals surface area contributed by atoms with Gasteiger partial charge in [-0.2, -0.15) is 5.10 Å². The lowest BCUT2D eigenvalue weighted by atomic mass is 9.86. The molecule has 7 heteroatoms. The number of aryl methyl sites for hydroxylation is 1. The zero-order valence-electron chi connectivity index (χ0n) is 15.7. The van der Waals surface area contributed by atoms with Crippen molar-refractivity contribution in [3.8, 4) is 0 Å². The van der Waals surface area contributed by atoms with Crippen molar-refractivity contribution in [3.63, 3.8) is 0 Å². The maximum atomic E-state index is 12.4. The number of amides is 1. The molecule has 0 aliphatic carbocycles. The third-order valence-corrected chi connectivity index (χ3v) is 6.18. The second-order valence-corrected chi connectivity index (χ2v) is 9.15. The van der Waals surface area contributed by atoms with E-state index in [9.17, 15) is 13.2 Å². The van der Waals surface area contributed by atoms with Crippen LogP contribution in [0.1, 0.15) is 34.7 Å². The van der Waals surface area contributed by atoms with Crippen LogP contribution >= 0.6 is 0 Å². The van der Waals surface area contributed by atoms with Crippen LogP contribution in [0.3, 0.4) is 0 Å². The van der Waals surface area contributed by atoms with E-state index in [1.165, 1.54) is 6.26 Å². The van der Waals surface area contributed by atoms with Crippen molar-refractivity contribution < 1.29 is 13.2 Å². The summed E-state index contributed by atoms with van der Waals surface area (Å²) in [6.45, 7) is 2.51. The van der Waals surface area contributed by atoms with Gasteiger partial charge < -0.3 is 5.32 Å². The maximum absolute atomic E-state index is 12.4. The molecule has 1 aliphatic rings. The highest BCUT2D eigenvalue weighted by molar-refractivity contribution is 7.90. The number of nitrogens with zero attached hydrogens (tertiary/aromatic N) is 2. The Morgan fingerprint density at radius 3 is 2.43 bits per heavy atom. The van der Waals surface area contributed by atoms with Gasteiger partial charge >= 0.3 is 0 Å². The van der Waals surface area contributed by atoms with Crippen LogP contribution in [-0.4, -0.2) is 30.4 Å². The normalized spacial score (nSPS) is 16.5. The number of anilines is 1. The predicted octanol–water partition coefficient (Wildman–Crippen LogP) is 3.12. The number of benzene rings is 2. The molecule has 1 atom stereocenters. The Hall–Kier alpha value is -2.93. The Balaban J connectivity index is 1.74. The lowest BCUT2D eigenvalue weighted by molar-refractivity contribution is -0.116. The molecule has 0 spiro atoms. The molecule has 144 valence electrons. The highest BCUT2D eigenvalue weighted by Crippen LogP contribution is 2.39. The Morgan fingerprint density at radius 1 is 1.11 bits per heavy atom. The van der Waals surface area contributed by atoms with Crippen LogP contribution in [0.25, 0.3) is 0 Å². The van der Waals surface area contributed by atoms with Crippen LogP contribution in [0.15, 0.2) is 59.5 Å². The van der Waals surface area contributed by atoms with Crippen LogP contribution in [-0.2, 0) is 21.2 Å². The lowest BCUT2D eigenvalue weighted by Gasteiger charge is -2.24. The van der Waals surface area contributed by atoms with E-state index < -0.39 is 9.84 Å². The first-order valence-corrected chi connectivity index (χ1v) is 10.9. The zero-order valence-corrected chi connectivity index (χ0v) is 16.5. The minimum absolute atomic E-state index is 0.0705. The molecular formula is C21H21N3O3S. The first-order valence-electron chi connectivity index (χ1n) is 9.04. The van der Waals surface area contributed by atoms with Crippen molar-refractivity contribution in [1.82, 2.24) is 9.78 Å². The van der Waals surface area contributed by atoms with Gasteiger partial charge in [-0.15, -0.1) is 0 Å². The third kappa shape index (κ3) is 3.45. The number of nitrogens with one attached hydrogen (secondary N) is 1. The van der Waals surface area contributed by atoms with E-state index >= 15 is 0 Å². The summed E-state index contributed by atoms with van der Waals surface area (Å²) < 4.78 is 25.3. The van der Waals surface area contributed by atoms with Gasteiger partial charge in [0.25, 0.3) is 0 Å². The molecule has 1 amide bonds. The fraction of sp³-hybridized carbons (Fsp3) is 0.238. The van der Waals surface area contributed by atoms with Crippen LogP contribution in [0.5, 0.6) is 0 Å². The standard InChI is InChI=1S/C21H21N3O3S/c1-14-20-18(16-8-10-17(11-9-16)28(2,26)27)12-19(25)22-21(20)24(23-14)13-15-6-4-3-5-7-15/h3-11,18H,12-13H2,1-2H3,(H,22,25). The average molecular weight is 395 g/mol. The fourth-order valence-electron chi connectivity index (χ4n) is 3.72. The maximum Gasteiger partial charge on any atom is 0.226 e. The molecule has 1 aliphatic heterocycles. The van der Waals surface area contributed by atoms with Gasteiger partial charge in [0.2, 0.25) is 5.91 Å². The molecule has 3 aromatic rings. The predicted molar refractivity (Wildman–Crippen MR) is 107 cm³/mol. The monoisotopic (exact) mass is 395 g/mol. The van der Waals surface area contributed by atoms with Crippen molar-refractivity contribution in [2.24, 2.45) is 0 Å². The molecule has 0 saturated carbocycles. The number of hydrogen-bond acceptors (Lipinski definition) is 4.